The van der Waals surface area contributed by atoms with E-state index in [0.29, 0.717) is 6.04 Å². The van der Waals surface area contributed by atoms with Crippen LogP contribution in [0.3, 0.4) is 0 Å². The van der Waals surface area contributed by atoms with Crippen LogP contribution in [0.2, 0.25) is 0 Å². The van der Waals surface area contributed by atoms with Crippen molar-refractivity contribution in [1.82, 2.24) is 10.6 Å². The number of amides is 1. The first-order chi connectivity index (χ1) is 8.79. The van der Waals surface area contributed by atoms with E-state index >= 15 is 0 Å². The first-order valence-corrected chi connectivity index (χ1v) is 6.90. The van der Waals surface area contributed by atoms with Crippen LogP contribution in [0.4, 0.5) is 0 Å². The number of carbonyl (C=O) groups is 1. The summed E-state index contributed by atoms with van der Waals surface area (Å²) < 4.78 is 0. The summed E-state index contributed by atoms with van der Waals surface area (Å²) in [4.78, 5) is 11.9. The van der Waals surface area contributed by atoms with Crippen LogP contribution in [0.1, 0.15) is 42.1 Å². The van der Waals surface area contributed by atoms with Crippen LogP contribution >= 0.6 is 0 Å². The van der Waals surface area contributed by atoms with Gasteiger partial charge in [-0.3, -0.25) is 4.79 Å². The van der Waals surface area contributed by atoms with Crippen molar-refractivity contribution in [1.29, 1.82) is 0 Å². The highest BCUT2D eigenvalue weighted by molar-refractivity contribution is 5.94. The molecule has 0 radical (unpaired) electrons. The fraction of sp³-hybridized carbons (Fsp3) is 0.533. The lowest BCUT2D eigenvalue weighted by molar-refractivity contribution is 0.0950. The number of hydrogen-bond acceptors (Lipinski definition) is 2. The zero-order valence-corrected chi connectivity index (χ0v) is 11.0. The highest BCUT2D eigenvalue weighted by atomic mass is 16.1. The number of carbonyl (C=O) groups excluding carboxylic acids is 1. The molecule has 3 nitrogen and oxygen atoms in total. The third-order valence-corrected chi connectivity index (χ3v) is 3.43. The molecule has 0 saturated carbocycles. The Morgan fingerprint density at radius 1 is 1.39 bits per heavy atom. The van der Waals surface area contributed by atoms with Gasteiger partial charge in [0.05, 0.1) is 0 Å². The molecule has 1 aliphatic rings. The minimum Gasteiger partial charge on any atom is -0.350 e. The molecule has 18 heavy (non-hydrogen) atoms. The molecule has 98 valence electrons. The van der Waals surface area contributed by atoms with Gasteiger partial charge in [0.1, 0.15) is 0 Å². The summed E-state index contributed by atoms with van der Waals surface area (Å²) in [5.41, 5.74) is 2.05. The summed E-state index contributed by atoms with van der Waals surface area (Å²) in [6.45, 7) is 3.97. The van der Waals surface area contributed by atoms with Crippen molar-refractivity contribution in [2.24, 2.45) is 0 Å². The minimum absolute atomic E-state index is 0.0340. The zero-order valence-electron chi connectivity index (χ0n) is 11.0. The van der Waals surface area contributed by atoms with Gasteiger partial charge < -0.3 is 10.6 Å². The van der Waals surface area contributed by atoms with E-state index in [0.717, 1.165) is 37.9 Å². The van der Waals surface area contributed by atoms with Crippen molar-refractivity contribution in [3.63, 3.8) is 0 Å². The number of rotatable bonds is 5. The quantitative estimate of drug-likeness (QED) is 0.835. The molecule has 1 heterocycles. The summed E-state index contributed by atoms with van der Waals surface area (Å²) in [7, 11) is 0. The maximum atomic E-state index is 11.9. The molecule has 2 N–H and O–H groups in total. The molecule has 2 rings (SSSR count). The van der Waals surface area contributed by atoms with Crippen LogP contribution in [-0.2, 0) is 6.42 Å². The van der Waals surface area contributed by atoms with Crippen molar-refractivity contribution in [3.8, 4) is 0 Å². The summed E-state index contributed by atoms with van der Waals surface area (Å²) >= 11 is 0. The molecule has 1 atom stereocenters. The molecule has 0 aliphatic carbocycles. The summed E-state index contributed by atoms with van der Waals surface area (Å²) in [6, 6.07) is 8.39. The van der Waals surface area contributed by atoms with E-state index in [4.69, 9.17) is 0 Å². The Morgan fingerprint density at radius 2 is 2.17 bits per heavy atom. The maximum absolute atomic E-state index is 11.9. The Bertz CT molecular complexity index is 380. The van der Waals surface area contributed by atoms with Gasteiger partial charge >= 0.3 is 0 Å². The first kappa shape index (κ1) is 13.1. The van der Waals surface area contributed by atoms with E-state index in [1.165, 1.54) is 12.0 Å². The van der Waals surface area contributed by atoms with Gasteiger partial charge in [-0.25, -0.2) is 0 Å². The average Bonchev–Trinajstić information content (AvgIpc) is 2.90. The highest BCUT2D eigenvalue weighted by Crippen LogP contribution is 2.07. The van der Waals surface area contributed by atoms with E-state index < -0.39 is 0 Å². The fourth-order valence-electron chi connectivity index (χ4n) is 2.36. The summed E-state index contributed by atoms with van der Waals surface area (Å²) in [5, 5.41) is 6.37. The van der Waals surface area contributed by atoms with Gasteiger partial charge in [-0.05, 0) is 43.5 Å². The van der Waals surface area contributed by atoms with Gasteiger partial charge in [0, 0.05) is 18.2 Å². The molecule has 1 amide bonds. The zero-order chi connectivity index (χ0) is 12.8. The Morgan fingerprint density at radius 3 is 2.78 bits per heavy atom. The predicted octanol–water partition coefficient (Wildman–Crippen LogP) is 2.12. The van der Waals surface area contributed by atoms with Gasteiger partial charge in [0.15, 0.2) is 0 Å². The summed E-state index contributed by atoms with van der Waals surface area (Å²) in [5.74, 6) is 0.0340. The second-order valence-corrected chi connectivity index (χ2v) is 4.95. The van der Waals surface area contributed by atoms with Gasteiger partial charge in [-0.2, -0.15) is 0 Å². The predicted molar refractivity (Wildman–Crippen MR) is 73.8 cm³/mol. The second kappa shape index (κ2) is 6.55. The molecule has 1 fully saturated rings. The molecule has 1 aromatic carbocycles. The smallest absolute Gasteiger partial charge is 0.251 e. The Kier molecular flexibility index (Phi) is 4.76. The number of hydrogen-bond donors (Lipinski definition) is 2. The Labute approximate surface area is 109 Å². The topological polar surface area (TPSA) is 41.1 Å². The normalized spacial score (nSPS) is 18.8. The van der Waals surface area contributed by atoms with E-state index in [1.54, 1.807) is 0 Å². The first-order valence-electron chi connectivity index (χ1n) is 6.90. The van der Waals surface area contributed by atoms with Crippen molar-refractivity contribution in [3.05, 3.63) is 35.4 Å². The van der Waals surface area contributed by atoms with Gasteiger partial charge in [-0.15, -0.1) is 0 Å². The molecule has 1 saturated heterocycles. The van der Waals surface area contributed by atoms with Gasteiger partial charge in [0.25, 0.3) is 5.91 Å². The number of aryl methyl sites for hydroxylation is 1. The number of nitrogens with one attached hydrogen (secondary N) is 2. The van der Waals surface area contributed by atoms with Crippen LogP contribution in [-0.4, -0.2) is 25.0 Å². The van der Waals surface area contributed by atoms with Gasteiger partial charge in [-0.1, -0.05) is 25.5 Å². The SMILES string of the molecule is CCCc1ccc(C(=O)NCC2CCCN2)cc1. The minimum atomic E-state index is 0.0340. The molecular formula is C15H22N2O. The lowest BCUT2D eigenvalue weighted by atomic mass is 10.1. The monoisotopic (exact) mass is 246 g/mol. The molecular weight excluding hydrogens is 224 g/mol. The number of benzene rings is 1. The molecule has 0 spiro atoms. The Balaban J connectivity index is 1.83. The van der Waals surface area contributed by atoms with E-state index in [1.807, 2.05) is 24.3 Å². The molecule has 1 aromatic rings. The van der Waals surface area contributed by atoms with Crippen LogP contribution < -0.4 is 10.6 Å². The fourth-order valence-corrected chi connectivity index (χ4v) is 2.36. The van der Waals surface area contributed by atoms with Crippen LogP contribution in [0.25, 0.3) is 0 Å². The lowest BCUT2D eigenvalue weighted by Gasteiger charge is -2.11. The van der Waals surface area contributed by atoms with Crippen molar-refractivity contribution in [2.45, 2.75) is 38.6 Å². The maximum Gasteiger partial charge on any atom is 0.251 e. The molecule has 1 unspecified atom stereocenters. The molecule has 0 bridgehead atoms. The largest absolute Gasteiger partial charge is 0.350 e. The van der Waals surface area contributed by atoms with E-state index in [2.05, 4.69) is 17.6 Å². The van der Waals surface area contributed by atoms with Crippen LogP contribution in [0, 0.1) is 0 Å². The molecule has 1 aliphatic heterocycles. The third-order valence-electron chi connectivity index (χ3n) is 3.43. The van der Waals surface area contributed by atoms with Crippen molar-refractivity contribution >= 4 is 5.91 Å². The van der Waals surface area contributed by atoms with E-state index in [-0.39, 0.29) is 5.91 Å². The molecule has 3 heteroatoms. The standard InChI is InChI=1S/C15H22N2O/c1-2-4-12-6-8-13(9-7-12)15(18)17-11-14-5-3-10-16-14/h6-9,14,16H,2-5,10-11H2,1H3,(H,17,18). The van der Waals surface area contributed by atoms with Crippen molar-refractivity contribution in [2.75, 3.05) is 13.1 Å². The second-order valence-electron chi connectivity index (χ2n) is 4.95. The van der Waals surface area contributed by atoms with Gasteiger partial charge in [0.2, 0.25) is 0 Å². The van der Waals surface area contributed by atoms with Crippen LogP contribution in [0.15, 0.2) is 24.3 Å². The van der Waals surface area contributed by atoms with Crippen LogP contribution in [0.5, 0.6) is 0 Å². The Hall–Kier alpha value is -1.35. The highest BCUT2D eigenvalue weighted by Gasteiger charge is 2.15. The third kappa shape index (κ3) is 3.57. The molecule has 0 aromatic heterocycles. The summed E-state index contributed by atoms with van der Waals surface area (Å²) in [6.07, 6.45) is 4.59. The van der Waals surface area contributed by atoms with Crippen molar-refractivity contribution < 1.29 is 4.79 Å². The average molecular weight is 246 g/mol. The van der Waals surface area contributed by atoms with E-state index in [9.17, 15) is 4.79 Å². The lowest BCUT2D eigenvalue weighted by Crippen LogP contribution is -2.37.